The molecule has 0 saturated carbocycles. The van der Waals surface area contributed by atoms with Gasteiger partial charge in [0.25, 0.3) is 0 Å². The molecule has 0 aliphatic rings. The molecule has 0 aromatic heterocycles. The van der Waals surface area contributed by atoms with E-state index in [1.165, 1.54) is 0 Å². The van der Waals surface area contributed by atoms with Crippen molar-refractivity contribution in [2.75, 3.05) is 18.9 Å². The van der Waals surface area contributed by atoms with E-state index in [0.717, 1.165) is 25.7 Å². The SMILES string of the molecule is CCC(CO)CCCCS(=O)(=O)NCCC(C)C. The summed E-state index contributed by atoms with van der Waals surface area (Å²) in [5.41, 5.74) is 0. The van der Waals surface area contributed by atoms with Crippen LogP contribution in [0.1, 0.15) is 52.9 Å². The molecular formula is C13H29NO3S. The molecule has 0 aliphatic carbocycles. The first-order valence-electron chi connectivity index (χ1n) is 6.99. The van der Waals surface area contributed by atoms with Crippen molar-refractivity contribution in [1.29, 1.82) is 0 Å². The number of aliphatic hydroxyl groups is 1. The molecule has 0 aromatic carbocycles. The van der Waals surface area contributed by atoms with Gasteiger partial charge in [-0.2, -0.15) is 0 Å². The third-order valence-corrected chi connectivity index (χ3v) is 4.62. The highest BCUT2D eigenvalue weighted by Crippen LogP contribution is 2.12. The Kier molecular flexibility index (Phi) is 9.68. The lowest BCUT2D eigenvalue weighted by molar-refractivity contribution is 0.212. The topological polar surface area (TPSA) is 66.4 Å². The highest BCUT2D eigenvalue weighted by Gasteiger charge is 2.10. The molecule has 18 heavy (non-hydrogen) atoms. The fourth-order valence-electron chi connectivity index (χ4n) is 1.72. The summed E-state index contributed by atoms with van der Waals surface area (Å²) in [4.78, 5) is 0. The van der Waals surface area contributed by atoms with Crippen LogP contribution in [0, 0.1) is 11.8 Å². The molecule has 1 unspecified atom stereocenters. The predicted molar refractivity (Wildman–Crippen MR) is 76.0 cm³/mol. The zero-order chi connectivity index (χ0) is 14.0. The normalized spacial score (nSPS) is 14.1. The van der Waals surface area contributed by atoms with Crippen LogP contribution >= 0.6 is 0 Å². The van der Waals surface area contributed by atoms with Gasteiger partial charge in [-0.3, -0.25) is 0 Å². The maximum absolute atomic E-state index is 11.6. The number of sulfonamides is 1. The van der Waals surface area contributed by atoms with Gasteiger partial charge in [-0.1, -0.05) is 33.6 Å². The van der Waals surface area contributed by atoms with E-state index in [1.54, 1.807) is 0 Å². The van der Waals surface area contributed by atoms with Gasteiger partial charge in [-0.25, -0.2) is 13.1 Å². The monoisotopic (exact) mass is 279 g/mol. The molecule has 0 heterocycles. The summed E-state index contributed by atoms with van der Waals surface area (Å²) in [6.45, 7) is 6.94. The van der Waals surface area contributed by atoms with Gasteiger partial charge in [0.2, 0.25) is 10.0 Å². The van der Waals surface area contributed by atoms with Crippen LogP contribution in [0.15, 0.2) is 0 Å². The van der Waals surface area contributed by atoms with E-state index in [0.29, 0.717) is 24.8 Å². The van der Waals surface area contributed by atoms with E-state index < -0.39 is 10.0 Å². The summed E-state index contributed by atoms with van der Waals surface area (Å²) in [5, 5.41) is 9.02. The average molecular weight is 279 g/mol. The number of unbranched alkanes of at least 4 members (excludes halogenated alkanes) is 1. The number of aliphatic hydroxyl groups excluding tert-OH is 1. The van der Waals surface area contributed by atoms with Gasteiger partial charge in [0.1, 0.15) is 0 Å². The van der Waals surface area contributed by atoms with Gasteiger partial charge in [-0.05, 0) is 31.1 Å². The lowest BCUT2D eigenvalue weighted by atomic mass is 10.0. The van der Waals surface area contributed by atoms with Crippen LogP contribution in [-0.2, 0) is 10.0 Å². The van der Waals surface area contributed by atoms with Crippen molar-refractivity contribution < 1.29 is 13.5 Å². The molecule has 0 rings (SSSR count). The van der Waals surface area contributed by atoms with Crippen LogP contribution in [0.5, 0.6) is 0 Å². The van der Waals surface area contributed by atoms with Gasteiger partial charge in [0, 0.05) is 13.2 Å². The predicted octanol–water partition coefficient (Wildman–Crippen LogP) is 2.14. The Morgan fingerprint density at radius 1 is 1.17 bits per heavy atom. The third kappa shape index (κ3) is 9.85. The number of nitrogens with one attached hydrogen (secondary N) is 1. The summed E-state index contributed by atoms with van der Waals surface area (Å²) >= 11 is 0. The van der Waals surface area contributed by atoms with Crippen molar-refractivity contribution in [3.05, 3.63) is 0 Å². The van der Waals surface area contributed by atoms with Crippen molar-refractivity contribution in [1.82, 2.24) is 4.72 Å². The first-order chi connectivity index (χ1) is 8.41. The van der Waals surface area contributed by atoms with Crippen LogP contribution < -0.4 is 4.72 Å². The van der Waals surface area contributed by atoms with Crippen LogP contribution in [-0.4, -0.2) is 32.4 Å². The minimum atomic E-state index is -3.10. The quantitative estimate of drug-likeness (QED) is 0.569. The standard InChI is InChI=1S/C13H29NO3S/c1-4-13(11-15)7-5-6-10-18(16,17)14-9-8-12(2)3/h12-15H,4-11H2,1-3H3. The molecule has 0 aromatic rings. The van der Waals surface area contributed by atoms with Crippen LogP contribution in [0.2, 0.25) is 0 Å². The van der Waals surface area contributed by atoms with Gasteiger partial charge < -0.3 is 5.11 Å². The first-order valence-corrected chi connectivity index (χ1v) is 8.64. The van der Waals surface area contributed by atoms with Crippen molar-refractivity contribution >= 4 is 10.0 Å². The molecular weight excluding hydrogens is 250 g/mol. The highest BCUT2D eigenvalue weighted by atomic mass is 32.2. The Labute approximate surface area is 112 Å². The van der Waals surface area contributed by atoms with Gasteiger partial charge >= 0.3 is 0 Å². The third-order valence-electron chi connectivity index (χ3n) is 3.15. The van der Waals surface area contributed by atoms with Crippen molar-refractivity contribution in [2.45, 2.75) is 52.9 Å². The molecule has 0 saturated heterocycles. The van der Waals surface area contributed by atoms with Crippen LogP contribution in [0.4, 0.5) is 0 Å². The summed E-state index contributed by atoms with van der Waals surface area (Å²) in [6.07, 6.45) is 4.28. The average Bonchev–Trinajstić information content (AvgIpc) is 2.28. The molecule has 0 aliphatic heterocycles. The lowest BCUT2D eigenvalue weighted by Gasteiger charge is -2.11. The largest absolute Gasteiger partial charge is 0.396 e. The lowest BCUT2D eigenvalue weighted by Crippen LogP contribution is -2.28. The molecule has 0 spiro atoms. The molecule has 0 amide bonds. The first kappa shape index (κ1) is 17.9. The summed E-state index contributed by atoms with van der Waals surface area (Å²) < 4.78 is 25.9. The van der Waals surface area contributed by atoms with E-state index in [2.05, 4.69) is 18.6 Å². The summed E-state index contributed by atoms with van der Waals surface area (Å²) in [7, 11) is -3.10. The molecule has 0 radical (unpaired) electrons. The zero-order valence-electron chi connectivity index (χ0n) is 12.0. The smallest absolute Gasteiger partial charge is 0.211 e. The molecule has 1 atom stereocenters. The molecule has 4 nitrogen and oxygen atoms in total. The second kappa shape index (κ2) is 9.75. The molecule has 0 fully saturated rings. The van der Waals surface area contributed by atoms with Gasteiger partial charge in [-0.15, -0.1) is 0 Å². The van der Waals surface area contributed by atoms with Crippen LogP contribution in [0.3, 0.4) is 0 Å². The highest BCUT2D eigenvalue weighted by molar-refractivity contribution is 7.89. The van der Waals surface area contributed by atoms with Crippen molar-refractivity contribution in [2.24, 2.45) is 11.8 Å². The van der Waals surface area contributed by atoms with Crippen molar-refractivity contribution in [3.63, 3.8) is 0 Å². The van der Waals surface area contributed by atoms with E-state index >= 15 is 0 Å². The molecule has 2 N–H and O–H groups in total. The Morgan fingerprint density at radius 3 is 2.33 bits per heavy atom. The zero-order valence-corrected chi connectivity index (χ0v) is 12.8. The van der Waals surface area contributed by atoms with Gasteiger partial charge in [0.05, 0.1) is 5.75 Å². The second-order valence-corrected chi connectivity index (χ2v) is 7.27. The van der Waals surface area contributed by atoms with E-state index in [9.17, 15) is 8.42 Å². The van der Waals surface area contributed by atoms with E-state index in [4.69, 9.17) is 5.11 Å². The minimum Gasteiger partial charge on any atom is -0.396 e. The Balaban J connectivity index is 3.70. The molecule has 0 bridgehead atoms. The number of hydrogen-bond donors (Lipinski definition) is 2. The number of hydrogen-bond acceptors (Lipinski definition) is 3. The van der Waals surface area contributed by atoms with E-state index in [1.807, 2.05) is 6.92 Å². The maximum Gasteiger partial charge on any atom is 0.211 e. The maximum atomic E-state index is 11.6. The second-order valence-electron chi connectivity index (χ2n) is 5.35. The fraction of sp³-hybridized carbons (Fsp3) is 1.00. The minimum absolute atomic E-state index is 0.201. The number of rotatable bonds is 11. The van der Waals surface area contributed by atoms with Crippen molar-refractivity contribution in [3.8, 4) is 0 Å². The molecule has 5 heteroatoms. The fourth-order valence-corrected chi connectivity index (χ4v) is 2.88. The van der Waals surface area contributed by atoms with Gasteiger partial charge in [0.15, 0.2) is 0 Å². The summed E-state index contributed by atoms with van der Waals surface area (Å²) in [5.74, 6) is 1.04. The Bertz CT molecular complexity index is 285. The Hall–Kier alpha value is -0.130. The molecule has 110 valence electrons. The van der Waals surface area contributed by atoms with E-state index in [-0.39, 0.29) is 12.4 Å². The summed E-state index contributed by atoms with van der Waals surface area (Å²) in [6, 6.07) is 0. The van der Waals surface area contributed by atoms with Crippen LogP contribution in [0.25, 0.3) is 0 Å². The Morgan fingerprint density at radius 2 is 1.83 bits per heavy atom.